The van der Waals surface area contributed by atoms with E-state index >= 15 is 0 Å². The highest BCUT2D eigenvalue weighted by atomic mass is 32.2. The Morgan fingerprint density at radius 1 is 0.853 bits per heavy atom. The van der Waals surface area contributed by atoms with Crippen LogP contribution in [0.2, 0.25) is 0 Å². The number of methoxy groups -OCH3 is 3. The van der Waals surface area contributed by atoms with Gasteiger partial charge in [-0.2, -0.15) is 0 Å². The van der Waals surface area contributed by atoms with Gasteiger partial charge in [0, 0.05) is 6.54 Å². The number of anilines is 1. The zero-order valence-corrected chi connectivity index (χ0v) is 20.4. The topological polar surface area (TPSA) is 94.2 Å². The van der Waals surface area contributed by atoms with Crippen LogP contribution in [-0.2, 0) is 21.4 Å². The number of aryl methyl sites for hydroxylation is 1. The number of carbonyl (C=O) groups excluding carboxylic acids is 1. The molecule has 3 aromatic rings. The highest BCUT2D eigenvalue weighted by molar-refractivity contribution is 7.92. The van der Waals surface area contributed by atoms with Gasteiger partial charge < -0.3 is 19.5 Å². The summed E-state index contributed by atoms with van der Waals surface area (Å²) in [5, 5.41) is 2.78. The van der Waals surface area contributed by atoms with Crippen LogP contribution < -0.4 is 23.8 Å². The molecule has 34 heavy (non-hydrogen) atoms. The molecule has 0 fully saturated rings. The number of amides is 1. The minimum atomic E-state index is -4.01. The zero-order valence-electron chi connectivity index (χ0n) is 19.6. The number of carbonyl (C=O) groups is 1. The lowest BCUT2D eigenvalue weighted by molar-refractivity contribution is -0.119. The van der Waals surface area contributed by atoms with Gasteiger partial charge in [0.05, 0.1) is 31.9 Å². The van der Waals surface area contributed by atoms with Crippen LogP contribution in [0.25, 0.3) is 0 Å². The largest absolute Gasteiger partial charge is 0.497 e. The monoisotopic (exact) mass is 484 g/mol. The van der Waals surface area contributed by atoms with Crippen LogP contribution in [0.15, 0.2) is 71.6 Å². The van der Waals surface area contributed by atoms with Gasteiger partial charge in [-0.25, -0.2) is 8.42 Å². The lowest BCUT2D eigenvalue weighted by atomic mass is 10.2. The average Bonchev–Trinajstić information content (AvgIpc) is 2.86. The lowest BCUT2D eigenvalue weighted by Crippen LogP contribution is -2.40. The van der Waals surface area contributed by atoms with Gasteiger partial charge in [0.2, 0.25) is 5.91 Å². The second-order valence-electron chi connectivity index (χ2n) is 7.49. The van der Waals surface area contributed by atoms with Crippen molar-refractivity contribution in [2.75, 3.05) is 32.2 Å². The standard InChI is InChI=1S/C25H28N2O6S/c1-18-5-8-20(9-6-18)27(34(29,30)22-12-10-21(31-2)11-13-22)17-25(28)26-16-19-7-14-23(32-3)24(15-19)33-4/h5-15H,16-17H2,1-4H3,(H,26,28). The SMILES string of the molecule is COc1ccc(S(=O)(=O)N(CC(=O)NCc2ccc(OC)c(OC)c2)c2ccc(C)cc2)cc1. The Morgan fingerprint density at radius 2 is 1.50 bits per heavy atom. The molecule has 0 unspecified atom stereocenters. The Balaban J connectivity index is 1.82. The maximum atomic E-state index is 13.5. The molecule has 0 atom stereocenters. The molecular formula is C25H28N2O6S. The van der Waals surface area contributed by atoms with Crippen molar-refractivity contribution >= 4 is 21.6 Å². The third-order valence-corrected chi connectivity index (χ3v) is 6.98. The Bertz CT molecular complexity index is 1230. The van der Waals surface area contributed by atoms with Crippen LogP contribution in [0, 0.1) is 6.92 Å². The fraction of sp³-hybridized carbons (Fsp3) is 0.240. The maximum Gasteiger partial charge on any atom is 0.264 e. The third-order valence-electron chi connectivity index (χ3n) is 5.19. The Labute approximate surface area is 200 Å². The molecule has 3 rings (SSSR count). The minimum Gasteiger partial charge on any atom is -0.497 e. The van der Waals surface area contributed by atoms with E-state index in [1.165, 1.54) is 26.4 Å². The molecule has 0 aliphatic carbocycles. The fourth-order valence-corrected chi connectivity index (χ4v) is 4.70. The first kappa shape index (κ1) is 24.9. The number of nitrogens with zero attached hydrogens (tertiary/aromatic N) is 1. The molecule has 0 spiro atoms. The molecule has 0 aromatic heterocycles. The van der Waals surface area contributed by atoms with E-state index in [4.69, 9.17) is 14.2 Å². The van der Waals surface area contributed by atoms with E-state index < -0.39 is 15.9 Å². The first-order valence-corrected chi connectivity index (χ1v) is 11.9. The summed E-state index contributed by atoms with van der Waals surface area (Å²) >= 11 is 0. The van der Waals surface area contributed by atoms with Crippen molar-refractivity contribution in [2.45, 2.75) is 18.4 Å². The summed E-state index contributed by atoms with van der Waals surface area (Å²) in [5.74, 6) is 1.20. The minimum absolute atomic E-state index is 0.0570. The van der Waals surface area contributed by atoms with Crippen molar-refractivity contribution in [3.8, 4) is 17.2 Å². The van der Waals surface area contributed by atoms with Crippen molar-refractivity contribution in [1.29, 1.82) is 0 Å². The van der Waals surface area contributed by atoms with Crippen LogP contribution in [-0.4, -0.2) is 42.2 Å². The zero-order chi connectivity index (χ0) is 24.7. The molecule has 3 aromatic carbocycles. The second kappa shape index (κ2) is 10.9. The first-order chi connectivity index (χ1) is 16.3. The molecule has 0 saturated heterocycles. The van der Waals surface area contributed by atoms with E-state index in [2.05, 4.69) is 5.32 Å². The van der Waals surface area contributed by atoms with Gasteiger partial charge in [-0.05, 0) is 61.0 Å². The van der Waals surface area contributed by atoms with E-state index in [1.807, 2.05) is 6.92 Å². The molecule has 0 heterocycles. The molecule has 0 radical (unpaired) electrons. The third kappa shape index (κ3) is 5.79. The van der Waals surface area contributed by atoms with Gasteiger partial charge in [-0.15, -0.1) is 0 Å². The van der Waals surface area contributed by atoms with Crippen LogP contribution in [0.5, 0.6) is 17.2 Å². The second-order valence-corrected chi connectivity index (χ2v) is 9.35. The summed E-state index contributed by atoms with van der Waals surface area (Å²) in [6.45, 7) is 1.72. The van der Waals surface area contributed by atoms with Gasteiger partial charge >= 0.3 is 0 Å². The summed E-state index contributed by atoms with van der Waals surface area (Å²) in [7, 11) is 0.571. The van der Waals surface area contributed by atoms with E-state index in [9.17, 15) is 13.2 Å². The summed E-state index contributed by atoms with van der Waals surface area (Å²) in [6, 6.07) is 18.3. The van der Waals surface area contributed by atoms with Crippen LogP contribution >= 0.6 is 0 Å². The van der Waals surface area contributed by atoms with Gasteiger partial charge in [0.15, 0.2) is 11.5 Å². The summed E-state index contributed by atoms with van der Waals surface area (Å²) in [4.78, 5) is 12.9. The van der Waals surface area contributed by atoms with Crippen molar-refractivity contribution in [2.24, 2.45) is 0 Å². The van der Waals surface area contributed by atoms with Crippen LogP contribution in [0.1, 0.15) is 11.1 Å². The number of benzene rings is 3. The summed E-state index contributed by atoms with van der Waals surface area (Å²) in [6.07, 6.45) is 0. The molecule has 9 heteroatoms. The van der Waals surface area contributed by atoms with Crippen LogP contribution in [0.4, 0.5) is 5.69 Å². The highest BCUT2D eigenvalue weighted by Crippen LogP contribution is 2.28. The van der Waals surface area contributed by atoms with E-state index in [1.54, 1.807) is 61.7 Å². The van der Waals surface area contributed by atoms with Gasteiger partial charge in [0.1, 0.15) is 12.3 Å². The molecule has 0 aliphatic rings. The Morgan fingerprint density at radius 3 is 2.09 bits per heavy atom. The van der Waals surface area contributed by atoms with Gasteiger partial charge in [-0.1, -0.05) is 23.8 Å². The molecule has 0 aliphatic heterocycles. The lowest BCUT2D eigenvalue weighted by Gasteiger charge is -2.24. The number of sulfonamides is 1. The van der Waals surface area contributed by atoms with Crippen molar-refractivity contribution < 1.29 is 27.4 Å². The predicted octanol–water partition coefficient (Wildman–Crippen LogP) is 3.53. The van der Waals surface area contributed by atoms with Gasteiger partial charge in [-0.3, -0.25) is 9.10 Å². The van der Waals surface area contributed by atoms with Crippen molar-refractivity contribution in [1.82, 2.24) is 5.32 Å². The Hall–Kier alpha value is -3.72. The highest BCUT2D eigenvalue weighted by Gasteiger charge is 2.27. The molecular weight excluding hydrogens is 456 g/mol. The van der Waals surface area contributed by atoms with Crippen molar-refractivity contribution in [3.05, 3.63) is 77.9 Å². The fourth-order valence-electron chi connectivity index (χ4n) is 3.28. The maximum absolute atomic E-state index is 13.5. The smallest absolute Gasteiger partial charge is 0.264 e. The molecule has 8 nitrogen and oxygen atoms in total. The normalized spacial score (nSPS) is 10.9. The summed E-state index contributed by atoms with van der Waals surface area (Å²) < 4.78 is 43.6. The number of ether oxygens (including phenoxy) is 3. The number of hydrogen-bond donors (Lipinski definition) is 1. The quantitative estimate of drug-likeness (QED) is 0.473. The van der Waals surface area contributed by atoms with Crippen LogP contribution in [0.3, 0.4) is 0 Å². The van der Waals surface area contributed by atoms with Crippen molar-refractivity contribution in [3.63, 3.8) is 0 Å². The molecule has 180 valence electrons. The molecule has 0 bridgehead atoms. The first-order valence-electron chi connectivity index (χ1n) is 10.5. The Kier molecular flexibility index (Phi) is 8.01. The van der Waals surface area contributed by atoms with E-state index in [-0.39, 0.29) is 18.0 Å². The molecule has 1 amide bonds. The van der Waals surface area contributed by atoms with Gasteiger partial charge in [0.25, 0.3) is 10.0 Å². The van der Waals surface area contributed by atoms with E-state index in [0.29, 0.717) is 22.9 Å². The molecule has 1 N–H and O–H groups in total. The van der Waals surface area contributed by atoms with E-state index in [0.717, 1.165) is 15.4 Å². The summed E-state index contributed by atoms with van der Waals surface area (Å²) in [5.41, 5.74) is 2.15. The number of rotatable bonds is 10. The average molecular weight is 485 g/mol. The number of nitrogens with one attached hydrogen (secondary N) is 1. The molecule has 0 saturated carbocycles. The predicted molar refractivity (Wildman–Crippen MR) is 130 cm³/mol. The number of hydrogen-bond acceptors (Lipinski definition) is 6.